The molecular weight excluding hydrogens is 168 g/mol. The lowest BCUT2D eigenvalue weighted by Crippen LogP contribution is -2.00. The third kappa shape index (κ3) is 1.36. The first kappa shape index (κ1) is 8.07. The molecule has 3 N–H and O–H groups in total. The van der Waals surface area contributed by atoms with Gasteiger partial charge in [0.1, 0.15) is 0 Å². The second-order valence-electron chi connectivity index (χ2n) is 2.89. The van der Waals surface area contributed by atoms with E-state index in [1.165, 1.54) is 0 Å². The Kier molecular flexibility index (Phi) is 1.90. The highest BCUT2D eigenvalue weighted by atomic mass is 16.3. The monoisotopic (exact) mass is 178 g/mol. The molecular formula is C9H10N2O2. The number of imidazole rings is 1. The van der Waals surface area contributed by atoms with E-state index in [1.54, 1.807) is 0 Å². The minimum atomic E-state index is -0.208. The zero-order valence-corrected chi connectivity index (χ0v) is 7.00. The molecule has 0 spiro atoms. The summed E-state index contributed by atoms with van der Waals surface area (Å²) in [4.78, 5) is 16.3. The predicted molar refractivity (Wildman–Crippen MR) is 49.7 cm³/mol. The molecule has 1 aromatic heterocycles. The van der Waals surface area contributed by atoms with Gasteiger partial charge in [-0.25, -0.2) is 4.79 Å². The molecule has 0 amide bonds. The Morgan fingerprint density at radius 3 is 2.92 bits per heavy atom. The Bertz CT molecular complexity index is 470. The van der Waals surface area contributed by atoms with Crippen LogP contribution in [-0.2, 0) is 6.42 Å². The second-order valence-corrected chi connectivity index (χ2v) is 2.89. The maximum Gasteiger partial charge on any atom is 0.323 e. The van der Waals surface area contributed by atoms with Gasteiger partial charge >= 0.3 is 5.69 Å². The number of aromatic nitrogens is 2. The van der Waals surface area contributed by atoms with Gasteiger partial charge in [0.2, 0.25) is 0 Å². The molecule has 68 valence electrons. The third-order valence-electron chi connectivity index (χ3n) is 2.02. The van der Waals surface area contributed by atoms with Gasteiger partial charge in [0.15, 0.2) is 0 Å². The quantitative estimate of drug-likeness (QED) is 0.622. The van der Waals surface area contributed by atoms with Crippen LogP contribution < -0.4 is 5.69 Å². The lowest BCUT2D eigenvalue weighted by atomic mass is 10.1. The van der Waals surface area contributed by atoms with E-state index >= 15 is 0 Å². The molecule has 1 heterocycles. The van der Waals surface area contributed by atoms with E-state index in [-0.39, 0.29) is 12.3 Å². The number of H-pyrrole nitrogens is 2. The van der Waals surface area contributed by atoms with Gasteiger partial charge in [-0.1, -0.05) is 12.1 Å². The van der Waals surface area contributed by atoms with Crippen molar-refractivity contribution in [1.82, 2.24) is 9.97 Å². The molecule has 0 unspecified atom stereocenters. The predicted octanol–water partition coefficient (Wildman–Crippen LogP) is 0.391. The smallest absolute Gasteiger partial charge is 0.323 e. The number of aliphatic hydroxyl groups excluding tert-OH is 1. The van der Waals surface area contributed by atoms with Crippen LogP contribution in [0.25, 0.3) is 11.0 Å². The first-order valence-corrected chi connectivity index (χ1v) is 4.12. The number of para-hydroxylation sites is 1. The Hall–Kier alpha value is -1.55. The van der Waals surface area contributed by atoms with Gasteiger partial charge in [-0.2, -0.15) is 0 Å². The summed E-state index contributed by atoms with van der Waals surface area (Å²) in [6.07, 6.45) is 0.561. The molecule has 4 nitrogen and oxygen atoms in total. The molecule has 0 bridgehead atoms. The Morgan fingerprint density at radius 2 is 2.15 bits per heavy atom. The molecule has 0 saturated heterocycles. The molecule has 0 saturated carbocycles. The van der Waals surface area contributed by atoms with E-state index in [2.05, 4.69) is 9.97 Å². The maximum absolute atomic E-state index is 11.0. The largest absolute Gasteiger partial charge is 0.396 e. The fourth-order valence-corrected chi connectivity index (χ4v) is 1.45. The summed E-state index contributed by atoms with van der Waals surface area (Å²) in [6.45, 7) is 0.0896. The van der Waals surface area contributed by atoms with Crippen molar-refractivity contribution in [2.45, 2.75) is 6.42 Å². The highest BCUT2D eigenvalue weighted by Gasteiger charge is 2.02. The topological polar surface area (TPSA) is 68.9 Å². The van der Waals surface area contributed by atoms with E-state index < -0.39 is 0 Å². The molecule has 0 atom stereocenters. The standard InChI is InChI=1S/C9H10N2O2/c12-5-4-6-2-1-3-7-8(6)11-9(13)10-7/h1-3,12H,4-5H2,(H2,10,11,13). The average Bonchev–Trinajstić information content (AvgIpc) is 2.47. The number of benzene rings is 1. The zero-order chi connectivity index (χ0) is 9.26. The van der Waals surface area contributed by atoms with Gasteiger partial charge in [0.25, 0.3) is 0 Å². The summed E-state index contributed by atoms with van der Waals surface area (Å²) in [6, 6.07) is 5.58. The molecule has 0 aliphatic heterocycles. The van der Waals surface area contributed by atoms with E-state index in [9.17, 15) is 4.79 Å². The Balaban J connectivity index is 2.67. The van der Waals surface area contributed by atoms with Crippen molar-refractivity contribution in [2.24, 2.45) is 0 Å². The number of hydrogen-bond acceptors (Lipinski definition) is 2. The van der Waals surface area contributed by atoms with Gasteiger partial charge in [-0.3, -0.25) is 0 Å². The lowest BCUT2D eigenvalue weighted by molar-refractivity contribution is 0.300. The summed E-state index contributed by atoms with van der Waals surface area (Å²) in [7, 11) is 0. The van der Waals surface area contributed by atoms with Crippen molar-refractivity contribution < 1.29 is 5.11 Å². The molecule has 2 rings (SSSR count). The Labute approximate surface area is 74.2 Å². The lowest BCUT2D eigenvalue weighted by Gasteiger charge is -1.98. The van der Waals surface area contributed by atoms with E-state index in [0.717, 1.165) is 16.6 Å². The minimum Gasteiger partial charge on any atom is -0.396 e. The van der Waals surface area contributed by atoms with Crippen LogP contribution in [0.1, 0.15) is 5.56 Å². The van der Waals surface area contributed by atoms with Crippen LogP contribution in [0.2, 0.25) is 0 Å². The summed E-state index contributed by atoms with van der Waals surface area (Å²) in [5.74, 6) is 0. The minimum absolute atomic E-state index is 0.0896. The highest BCUT2D eigenvalue weighted by Crippen LogP contribution is 2.12. The zero-order valence-electron chi connectivity index (χ0n) is 7.00. The highest BCUT2D eigenvalue weighted by molar-refractivity contribution is 5.78. The first-order valence-electron chi connectivity index (χ1n) is 4.12. The first-order chi connectivity index (χ1) is 6.31. The van der Waals surface area contributed by atoms with Crippen LogP contribution in [0, 0.1) is 0 Å². The average molecular weight is 178 g/mol. The number of aromatic amines is 2. The third-order valence-corrected chi connectivity index (χ3v) is 2.02. The van der Waals surface area contributed by atoms with Crippen LogP contribution in [0.15, 0.2) is 23.0 Å². The molecule has 2 aromatic rings. The molecule has 4 heteroatoms. The van der Waals surface area contributed by atoms with Gasteiger partial charge in [-0.15, -0.1) is 0 Å². The van der Waals surface area contributed by atoms with Crippen molar-refractivity contribution in [3.05, 3.63) is 34.2 Å². The van der Waals surface area contributed by atoms with Gasteiger partial charge in [-0.05, 0) is 18.1 Å². The van der Waals surface area contributed by atoms with Gasteiger partial charge in [0, 0.05) is 6.61 Å². The number of rotatable bonds is 2. The van der Waals surface area contributed by atoms with E-state index in [4.69, 9.17) is 5.11 Å². The Morgan fingerprint density at radius 1 is 1.31 bits per heavy atom. The number of nitrogens with one attached hydrogen (secondary N) is 2. The fourth-order valence-electron chi connectivity index (χ4n) is 1.45. The molecule has 13 heavy (non-hydrogen) atoms. The summed E-state index contributed by atoms with van der Waals surface area (Å²) in [5, 5.41) is 8.78. The van der Waals surface area contributed by atoms with Crippen molar-refractivity contribution in [2.75, 3.05) is 6.61 Å². The van der Waals surface area contributed by atoms with Gasteiger partial charge < -0.3 is 15.1 Å². The SMILES string of the molecule is O=c1[nH]c2cccc(CCO)c2[nH]1. The van der Waals surface area contributed by atoms with Crippen molar-refractivity contribution in [3.8, 4) is 0 Å². The van der Waals surface area contributed by atoms with Crippen LogP contribution in [-0.4, -0.2) is 21.7 Å². The van der Waals surface area contributed by atoms with E-state index in [0.29, 0.717) is 6.42 Å². The molecule has 0 aliphatic rings. The molecule has 0 aliphatic carbocycles. The van der Waals surface area contributed by atoms with Crippen molar-refractivity contribution in [1.29, 1.82) is 0 Å². The van der Waals surface area contributed by atoms with E-state index in [1.807, 2.05) is 18.2 Å². The summed E-state index contributed by atoms with van der Waals surface area (Å²) < 4.78 is 0. The normalized spacial score (nSPS) is 10.8. The number of hydrogen-bond donors (Lipinski definition) is 3. The number of fused-ring (bicyclic) bond motifs is 1. The molecule has 1 aromatic carbocycles. The van der Waals surface area contributed by atoms with Gasteiger partial charge in [0.05, 0.1) is 11.0 Å². The fraction of sp³-hybridized carbons (Fsp3) is 0.222. The summed E-state index contributed by atoms with van der Waals surface area (Å²) >= 11 is 0. The van der Waals surface area contributed by atoms with Crippen LogP contribution >= 0.6 is 0 Å². The molecule has 0 radical (unpaired) electrons. The second kappa shape index (κ2) is 3.06. The van der Waals surface area contributed by atoms with Crippen LogP contribution in [0.3, 0.4) is 0 Å². The molecule has 0 fully saturated rings. The van der Waals surface area contributed by atoms with Crippen molar-refractivity contribution >= 4 is 11.0 Å². The van der Waals surface area contributed by atoms with Crippen LogP contribution in [0.5, 0.6) is 0 Å². The summed E-state index contributed by atoms with van der Waals surface area (Å²) in [5.41, 5.74) is 2.33. The van der Waals surface area contributed by atoms with Crippen molar-refractivity contribution in [3.63, 3.8) is 0 Å². The van der Waals surface area contributed by atoms with Crippen LogP contribution in [0.4, 0.5) is 0 Å². The maximum atomic E-state index is 11.0. The number of aliphatic hydroxyl groups is 1.